The average Bonchev–Trinajstić information content (AvgIpc) is 3.20. The second-order valence-electron chi connectivity index (χ2n) is 13.2. The Labute approximate surface area is 291 Å². The largest absolute Gasteiger partial charge is 0.0622 e. The van der Waals surface area contributed by atoms with Crippen molar-refractivity contribution in [2.75, 3.05) is 0 Å². The van der Waals surface area contributed by atoms with Crippen molar-refractivity contribution in [2.45, 2.75) is 0 Å². The lowest BCUT2D eigenvalue weighted by Crippen LogP contribution is -1.92. The molecule has 0 saturated heterocycles. The van der Waals surface area contributed by atoms with Crippen LogP contribution in [-0.4, -0.2) is 0 Å². The van der Waals surface area contributed by atoms with Crippen LogP contribution in [0.15, 0.2) is 194 Å². The third-order valence-electron chi connectivity index (χ3n) is 10.5. The SMILES string of the molecule is c1ccc(-c2ccc(-c3ccc(-c4c5ccccc5c(-c5ccc6ccc7ccccc7c6c5)c5ccccc45)c4ccccc34)cc2)cc1. The lowest BCUT2D eigenvalue weighted by atomic mass is 9.83. The van der Waals surface area contributed by atoms with Crippen molar-refractivity contribution in [1.82, 2.24) is 0 Å². The van der Waals surface area contributed by atoms with E-state index >= 15 is 0 Å². The molecule has 0 aliphatic heterocycles. The Kier molecular flexibility index (Phi) is 6.60. The maximum Gasteiger partial charge on any atom is -0.00201 e. The molecule has 0 nitrogen and oxygen atoms in total. The lowest BCUT2D eigenvalue weighted by molar-refractivity contribution is 1.60. The number of rotatable bonds is 4. The maximum absolute atomic E-state index is 2.40. The highest BCUT2D eigenvalue weighted by Crippen LogP contribution is 2.47. The summed E-state index contributed by atoms with van der Waals surface area (Å²) in [6.07, 6.45) is 0. The molecule has 0 bridgehead atoms. The zero-order chi connectivity index (χ0) is 33.0. The molecule has 0 amide bonds. The predicted octanol–water partition coefficient (Wildman–Crippen LogP) is 14.1. The zero-order valence-corrected chi connectivity index (χ0v) is 27.5. The summed E-state index contributed by atoms with van der Waals surface area (Å²) in [5.41, 5.74) is 10.0. The molecule has 0 heterocycles. The molecule has 50 heavy (non-hydrogen) atoms. The van der Waals surface area contributed by atoms with Gasteiger partial charge in [0.2, 0.25) is 0 Å². The number of fused-ring (bicyclic) bond motifs is 6. The summed E-state index contributed by atoms with van der Waals surface area (Å²) in [6, 6.07) is 71.3. The topological polar surface area (TPSA) is 0 Å². The fourth-order valence-electron chi connectivity index (χ4n) is 8.13. The highest BCUT2D eigenvalue weighted by atomic mass is 14.2. The van der Waals surface area contributed by atoms with Gasteiger partial charge in [0.15, 0.2) is 0 Å². The van der Waals surface area contributed by atoms with Crippen molar-refractivity contribution in [1.29, 1.82) is 0 Å². The van der Waals surface area contributed by atoms with E-state index in [4.69, 9.17) is 0 Å². The van der Waals surface area contributed by atoms with E-state index in [-0.39, 0.29) is 0 Å². The van der Waals surface area contributed by atoms with Gasteiger partial charge in [0.25, 0.3) is 0 Å². The minimum Gasteiger partial charge on any atom is -0.0622 e. The minimum absolute atomic E-state index is 1.22. The maximum atomic E-state index is 2.40. The molecule has 0 radical (unpaired) electrons. The molecule has 0 unspecified atom stereocenters. The fourth-order valence-corrected chi connectivity index (χ4v) is 8.13. The van der Waals surface area contributed by atoms with Gasteiger partial charge in [0.1, 0.15) is 0 Å². The molecule has 10 aromatic carbocycles. The third kappa shape index (κ3) is 4.54. The van der Waals surface area contributed by atoms with Crippen LogP contribution in [0.25, 0.3) is 98.4 Å². The van der Waals surface area contributed by atoms with Crippen LogP contribution >= 0.6 is 0 Å². The first-order chi connectivity index (χ1) is 24.8. The molecule has 0 fully saturated rings. The van der Waals surface area contributed by atoms with Crippen LogP contribution in [0.2, 0.25) is 0 Å². The van der Waals surface area contributed by atoms with Gasteiger partial charge >= 0.3 is 0 Å². The molecule has 0 saturated carbocycles. The van der Waals surface area contributed by atoms with Crippen molar-refractivity contribution in [3.05, 3.63) is 194 Å². The summed E-state index contributed by atoms with van der Waals surface area (Å²) < 4.78 is 0. The van der Waals surface area contributed by atoms with Gasteiger partial charge in [-0.1, -0.05) is 188 Å². The van der Waals surface area contributed by atoms with E-state index < -0.39 is 0 Å². The van der Waals surface area contributed by atoms with Gasteiger partial charge < -0.3 is 0 Å². The smallest absolute Gasteiger partial charge is 0.00201 e. The molecule has 0 aromatic heterocycles. The van der Waals surface area contributed by atoms with Crippen molar-refractivity contribution in [3.8, 4) is 44.5 Å². The van der Waals surface area contributed by atoms with E-state index in [1.807, 2.05) is 0 Å². The lowest BCUT2D eigenvalue weighted by Gasteiger charge is -2.20. The molecular weight excluding hydrogens is 601 g/mol. The van der Waals surface area contributed by atoms with Gasteiger partial charge in [-0.15, -0.1) is 0 Å². The summed E-state index contributed by atoms with van der Waals surface area (Å²) >= 11 is 0. The van der Waals surface area contributed by atoms with E-state index in [9.17, 15) is 0 Å². The van der Waals surface area contributed by atoms with E-state index in [0.29, 0.717) is 0 Å². The molecule has 0 aliphatic rings. The predicted molar refractivity (Wildman–Crippen MR) is 216 cm³/mol. The second-order valence-corrected chi connectivity index (χ2v) is 13.2. The van der Waals surface area contributed by atoms with Gasteiger partial charge in [0.05, 0.1) is 0 Å². The Morgan fingerprint density at radius 1 is 0.200 bits per heavy atom. The van der Waals surface area contributed by atoms with Crippen LogP contribution in [0.4, 0.5) is 0 Å². The zero-order valence-electron chi connectivity index (χ0n) is 27.5. The summed E-state index contributed by atoms with van der Waals surface area (Å²) in [7, 11) is 0. The van der Waals surface area contributed by atoms with Gasteiger partial charge in [-0.05, 0) is 104 Å². The summed E-state index contributed by atoms with van der Waals surface area (Å²) in [5, 5.41) is 12.7. The van der Waals surface area contributed by atoms with Gasteiger partial charge in [-0.2, -0.15) is 0 Å². The van der Waals surface area contributed by atoms with Crippen LogP contribution in [0.1, 0.15) is 0 Å². The summed E-state index contributed by atoms with van der Waals surface area (Å²) in [4.78, 5) is 0. The van der Waals surface area contributed by atoms with E-state index in [2.05, 4.69) is 194 Å². The van der Waals surface area contributed by atoms with Crippen LogP contribution in [0.3, 0.4) is 0 Å². The van der Waals surface area contributed by atoms with Gasteiger partial charge in [-0.3, -0.25) is 0 Å². The van der Waals surface area contributed by atoms with Crippen LogP contribution < -0.4 is 0 Å². The first-order valence-corrected chi connectivity index (χ1v) is 17.4. The molecular formula is C50H32. The Bertz CT molecular complexity index is 2840. The van der Waals surface area contributed by atoms with E-state index in [0.717, 1.165) is 0 Å². The van der Waals surface area contributed by atoms with E-state index in [1.54, 1.807) is 0 Å². The van der Waals surface area contributed by atoms with Crippen molar-refractivity contribution in [3.63, 3.8) is 0 Å². The summed E-state index contributed by atoms with van der Waals surface area (Å²) in [5.74, 6) is 0. The Hall–Kier alpha value is -6.50. The second kappa shape index (κ2) is 11.6. The Balaban J connectivity index is 1.20. The highest BCUT2D eigenvalue weighted by Gasteiger charge is 2.19. The third-order valence-corrected chi connectivity index (χ3v) is 10.5. The monoisotopic (exact) mass is 632 g/mol. The average molecular weight is 633 g/mol. The van der Waals surface area contributed by atoms with Crippen molar-refractivity contribution < 1.29 is 0 Å². The quantitative estimate of drug-likeness (QED) is 0.134. The standard InChI is InChI=1S/C50H32/c1-2-12-33(13-3-1)34-22-24-36(25-23-34)40-30-31-47(42-17-7-6-16-41(40)42)50-45-20-10-8-18-43(45)49(44-19-9-11-21-46(44)50)38-29-28-37-27-26-35-14-4-5-15-39(35)48(37)32-38/h1-32H. The first-order valence-electron chi connectivity index (χ1n) is 17.4. The summed E-state index contributed by atoms with van der Waals surface area (Å²) in [6.45, 7) is 0. The number of hydrogen-bond donors (Lipinski definition) is 0. The van der Waals surface area contributed by atoms with Crippen LogP contribution in [0.5, 0.6) is 0 Å². The van der Waals surface area contributed by atoms with Gasteiger partial charge in [-0.25, -0.2) is 0 Å². The molecule has 0 N–H and O–H groups in total. The normalized spacial score (nSPS) is 11.6. The molecule has 232 valence electrons. The molecule has 0 heteroatoms. The molecule has 0 atom stereocenters. The number of benzene rings is 10. The van der Waals surface area contributed by atoms with Crippen LogP contribution in [0, 0.1) is 0 Å². The first kappa shape index (κ1) is 28.5. The molecule has 0 spiro atoms. The molecule has 10 rings (SSSR count). The van der Waals surface area contributed by atoms with Crippen LogP contribution in [-0.2, 0) is 0 Å². The molecule has 10 aromatic rings. The van der Waals surface area contributed by atoms with E-state index in [1.165, 1.54) is 98.4 Å². The minimum atomic E-state index is 1.22. The number of hydrogen-bond acceptors (Lipinski definition) is 0. The Morgan fingerprint density at radius 2 is 0.620 bits per heavy atom. The fraction of sp³-hybridized carbons (Fsp3) is 0. The van der Waals surface area contributed by atoms with Gasteiger partial charge in [0, 0.05) is 0 Å². The molecule has 0 aliphatic carbocycles. The highest BCUT2D eigenvalue weighted by molar-refractivity contribution is 6.24. The Morgan fingerprint density at radius 3 is 1.28 bits per heavy atom. The van der Waals surface area contributed by atoms with Crippen molar-refractivity contribution in [2.24, 2.45) is 0 Å². The van der Waals surface area contributed by atoms with Crippen molar-refractivity contribution >= 4 is 53.9 Å².